The van der Waals surface area contributed by atoms with Crippen molar-refractivity contribution < 1.29 is 13.6 Å². The number of nitrogens with one attached hydrogen (secondary N) is 1. The number of benzene rings is 1. The molecule has 0 aliphatic carbocycles. The predicted molar refractivity (Wildman–Crippen MR) is 95.6 cm³/mol. The number of hydrogen-bond donors (Lipinski definition) is 1. The molecule has 6 nitrogen and oxygen atoms in total. The zero-order valence-corrected chi connectivity index (χ0v) is 14.7. The Hall–Kier alpha value is -3.42. The number of amides is 1. The monoisotopic (exact) mass is 370 g/mol. The van der Waals surface area contributed by atoms with Crippen LogP contribution in [0.2, 0.25) is 0 Å². The van der Waals surface area contributed by atoms with Crippen molar-refractivity contribution in [1.82, 2.24) is 14.8 Å². The number of aryl methyl sites for hydroxylation is 2. The highest BCUT2D eigenvalue weighted by Crippen LogP contribution is 2.14. The fourth-order valence-electron chi connectivity index (χ4n) is 2.54. The summed E-state index contributed by atoms with van der Waals surface area (Å²) in [5.41, 5.74) is 1.62. The summed E-state index contributed by atoms with van der Waals surface area (Å²) < 4.78 is 27.3. The van der Waals surface area contributed by atoms with E-state index in [4.69, 9.17) is 0 Å². The smallest absolute Gasteiger partial charge is 0.277 e. The fourth-order valence-corrected chi connectivity index (χ4v) is 2.54. The first-order chi connectivity index (χ1) is 12.8. The molecule has 0 radical (unpaired) electrons. The van der Waals surface area contributed by atoms with E-state index in [0.29, 0.717) is 23.4 Å². The lowest BCUT2D eigenvalue weighted by Crippen LogP contribution is -2.26. The van der Waals surface area contributed by atoms with Crippen molar-refractivity contribution in [3.8, 4) is 0 Å². The summed E-state index contributed by atoms with van der Waals surface area (Å²) in [5.74, 6) is -1.97. The highest BCUT2D eigenvalue weighted by Gasteiger charge is 2.12. The molecule has 0 fully saturated rings. The van der Waals surface area contributed by atoms with E-state index in [1.165, 1.54) is 25.4 Å². The van der Waals surface area contributed by atoms with Crippen molar-refractivity contribution in [2.45, 2.75) is 13.3 Å². The molecule has 0 unspecified atom stereocenters. The van der Waals surface area contributed by atoms with Gasteiger partial charge in [-0.2, -0.15) is 5.10 Å². The van der Waals surface area contributed by atoms with Gasteiger partial charge in [0.25, 0.3) is 11.5 Å². The number of pyridine rings is 1. The van der Waals surface area contributed by atoms with Crippen molar-refractivity contribution in [2.24, 2.45) is 7.05 Å². The van der Waals surface area contributed by atoms with E-state index in [2.05, 4.69) is 15.4 Å². The van der Waals surface area contributed by atoms with Gasteiger partial charge in [0.2, 0.25) is 0 Å². The minimum absolute atomic E-state index is 0.0993. The topological polar surface area (TPSA) is 76.9 Å². The van der Waals surface area contributed by atoms with Crippen molar-refractivity contribution >= 4 is 11.7 Å². The van der Waals surface area contributed by atoms with E-state index in [0.717, 1.165) is 22.4 Å². The van der Waals surface area contributed by atoms with Gasteiger partial charge >= 0.3 is 0 Å². The van der Waals surface area contributed by atoms with Crippen LogP contribution in [-0.2, 0) is 13.5 Å². The second-order valence-corrected chi connectivity index (χ2v) is 6.07. The Balaban J connectivity index is 1.71. The molecule has 8 heteroatoms. The molecule has 1 aromatic carbocycles. The third-order valence-corrected chi connectivity index (χ3v) is 3.93. The number of nitrogens with zero attached hydrogens (tertiary/aromatic N) is 3. The van der Waals surface area contributed by atoms with Crippen LogP contribution in [0.5, 0.6) is 0 Å². The van der Waals surface area contributed by atoms with Crippen LogP contribution in [-0.4, -0.2) is 20.7 Å². The molecular weight excluding hydrogens is 354 g/mol. The van der Waals surface area contributed by atoms with Crippen LogP contribution in [0.1, 0.15) is 27.2 Å². The van der Waals surface area contributed by atoms with E-state index in [1.807, 2.05) is 0 Å². The molecule has 0 saturated heterocycles. The standard InChI is InChI=1S/C19H16F2N4O2/c1-11-7-16(24-25(2)19(11)27)18(26)23-17-6-4-13(10-22-17)8-12-3-5-14(20)15(21)9-12/h3-7,9-10H,8H2,1-2H3,(H,22,23,26). The summed E-state index contributed by atoms with van der Waals surface area (Å²) in [4.78, 5) is 28.1. The molecule has 0 saturated carbocycles. The quantitative estimate of drug-likeness (QED) is 0.766. The van der Waals surface area contributed by atoms with E-state index in [-0.39, 0.29) is 11.3 Å². The third kappa shape index (κ3) is 4.22. The molecular formula is C19H16F2N4O2. The molecule has 27 heavy (non-hydrogen) atoms. The third-order valence-electron chi connectivity index (χ3n) is 3.93. The van der Waals surface area contributed by atoms with Crippen LogP contribution in [0.3, 0.4) is 0 Å². The summed E-state index contributed by atoms with van der Waals surface area (Å²) in [5, 5.41) is 6.52. The maximum absolute atomic E-state index is 13.3. The van der Waals surface area contributed by atoms with Crippen molar-refractivity contribution in [2.75, 3.05) is 5.32 Å². The number of anilines is 1. The molecule has 0 spiro atoms. The van der Waals surface area contributed by atoms with Gasteiger partial charge in [0.05, 0.1) is 0 Å². The Morgan fingerprint density at radius 3 is 2.48 bits per heavy atom. The maximum Gasteiger partial charge on any atom is 0.277 e. The zero-order valence-electron chi connectivity index (χ0n) is 14.7. The normalized spacial score (nSPS) is 10.7. The van der Waals surface area contributed by atoms with Gasteiger partial charge in [0.1, 0.15) is 11.5 Å². The highest BCUT2D eigenvalue weighted by atomic mass is 19.2. The first-order valence-corrected chi connectivity index (χ1v) is 8.08. The van der Waals surface area contributed by atoms with Gasteiger partial charge in [0, 0.05) is 18.8 Å². The van der Waals surface area contributed by atoms with Gasteiger partial charge in [-0.25, -0.2) is 18.4 Å². The van der Waals surface area contributed by atoms with E-state index in [9.17, 15) is 18.4 Å². The lowest BCUT2D eigenvalue weighted by atomic mass is 10.1. The van der Waals surface area contributed by atoms with E-state index >= 15 is 0 Å². The average molecular weight is 370 g/mol. The number of halogens is 2. The van der Waals surface area contributed by atoms with Gasteiger partial charge in [-0.1, -0.05) is 12.1 Å². The van der Waals surface area contributed by atoms with Crippen LogP contribution < -0.4 is 10.9 Å². The molecule has 1 N–H and O–H groups in total. The molecule has 0 aliphatic heterocycles. The number of rotatable bonds is 4. The van der Waals surface area contributed by atoms with Crippen LogP contribution in [0.15, 0.2) is 47.4 Å². The van der Waals surface area contributed by atoms with Crippen LogP contribution >= 0.6 is 0 Å². The van der Waals surface area contributed by atoms with Gasteiger partial charge in [-0.15, -0.1) is 0 Å². The lowest BCUT2D eigenvalue weighted by Gasteiger charge is -2.07. The molecule has 2 heterocycles. The van der Waals surface area contributed by atoms with Crippen molar-refractivity contribution in [3.05, 3.63) is 87.0 Å². The summed E-state index contributed by atoms with van der Waals surface area (Å²) >= 11 is 0. The van der Waals surface area contributed by atoms with Gasteiger partial charge in [-0.3, -0.25) is 9.59 Å². The van der Waals surface area contributed by atoms with Crippen LogP contribution in [0.25, 0.3) is 0 Å². The summed E-state index contributed by atoms with van der Waals surface area (Å²) in [6.45, 7) is 1.60. The highest BCUT2D eigenvalue weighted by molar-refractivity contribution is 6.02. The second kappa shape index (κ2) is 7.45. The number of aromatic nitrogens is 3. The van der Waals surface area contributed by atoms with E-state index < -0.39 is 17.5 Å². The zero-order chi connectivity index (χ0) is 19.6. The molecule has 138 valence electrons. The second-order valence-electron chi connectivity index (χ2n) is 6.07. The molecule has 0 bridgehead atoms. The molecule has 0 aliphatic rings. The molecule has 2 aromatic heterocycles. The maximum atomic E-state index is 13.3. The number of carbonyl (C=O) groups is 1. The SMILES string of the molecule is Cc1cc(C(=O)Nc2ccc(Cc3ccc(F)c(F)c3)cn2)nn(C)c1=O. The first-order valence-electron chi connectivity index (χ1n) is 8.08. The Labute approximate surface area is 153 Å². The fraction of sp³-hybridized carbons (Fsp3) is 0.158. The van der Waals surface area contributed by atoms with E-state index in [1.54, 1.807) is 19.1 Å². The molecule has 3 rings (SSSR count). The van der Waals surface area contributed by atoms with Crippen molar-refractivity contribution in [1.29, 1.82) is 0 Å². The Morgan fingerprint density at radius 2 is 1.85 bits per heavy atom. The predicted octanol–water partition coefficient (Wildman–Crippen LogP) is 2.61. The van der Waals surface area contributed by atoms with Crippen molar-refractivity contribution in [3.63, 3.8) is 0 Å². The Kier molecular flexibility index (Phi) is 5.07. The Bertz CT molecular complexity index is 1040. The lowest BCUT2D eigenvalue weighted by molar-refractivity contribution is 0.101. The largest absolute Gasteiger partial charge is 0.305 e. The minimum atomic E-state index is -0.899. The summed E-state index contributed by atoms with van der Waals surface area (Å²) in [6, 6.07) is 8.45. The molecule has 3 aromatic rings. The number of carbonyl (C=O) groups excluding carboxylic acids is 1. The van der Waals surface area contributed by atoms with Gasteiger partial charge in [0.15, 0.2) is 11.6 Å². The van der Waals surface area contributed by atoms with Crippen LogP contribution in [0.4, 0.5) is 14.6 Å². The molecule has 0 atom stereocenters. The number of hydrogen-bond acceptors (Lipinski definition) is 4. The first kappa shape index (κ1) is 18.4. The summed E-state index contributed by atoms with van der Waals surface area (Å²) in [6.07, 6.45) is 1.91. The molecule has 1 amide bonds. The average Bonchev–Trinajstić information content (AvgIpc) is 2.64. The minimum Gasteiger partial charge on any atom is -0.305 e. The van der Waals surface area contributed by atoms with Gasteiger partial charge < -0.3 is 5.32 Å². The Morgan fingerprint density at radius 1 is 1.11 bits per heavy atom. The summed E-state index contributed by atoms with van der Waals surface area (Å²) in [7, 11) is 1.47. The van der Waals surface area contributed by atoms with Gasteiger partial charge in [-0.05, 0) is 48.7 Å². The van der Waals surface area contributed by atoms with Crippen LogP contribution in [0, 0.1) is 18.6 Å².